The van der Waals surface area contributed by atoms with Crippen molar-refractivity contribution in [1.82, 2.24) is 15.2 Å². The van der Waals surface area contributed by atoms with Crippen molar-refractivity contribution in [3.63, 3.8) is 0 Å². The van der Waals surface area contributed by atoms with Crippen LogP contribution >= 0.6 is 0 Å². The quantitative estimate of drug-likeness (QED) is 0.888. The SMILES string of the molecule is Cc1ccc2nccc(C(=O)N3C[C@@H](N)C[C@H]3C(=O)NC(C)C)c2c1. The molecule has 1 aromatic heterocycles. The van der Waals surface area contributed by atoms with Crippen molar-refractivity contribution < 1.29 is 9.59 Å². The molecule has 0 radical (unpaired) electrons. The van der Waals surface area contributed by atoms with Crippen LogP contribution in [0.15, 0.2) is 30.5 Å². The number of rotatable bonds is 3. The first kappa shape index (κ1) is 17.4. The average molecular weight is 340 g/mol. The number of hydrogen-bond acceptors (Lipinski definition) is 4. The van der Waals surface area contributed by atoms with Crippen LogP contribution in [0.25, 0.3) is 10.9 Å². The van der Waals surface area contributed by atoms with Gasteiger partial charge < -0.3 is 16.0 Å². The van der Waals surface area contributed by atoms with Gasteiger partial charge in [0.2, 0.25) is 5.91 Å². The molecule has 0 spiro atoms. The lowest BCUT2D eigenvalue weighted by molar-refractivity contribution is -0.125. The Bertz CT molecular complexity index is 818. The van der Waals surface area contributed by atoms with E-state index in [0.29, 0.717) is 18.5 Å². The van der Waals surface area contributed by atoms with E-state index < -0.39 is 6.04 Å². The fourth-order valence-corrected chi connectivity index (χ4v) is 3.32. The smallest absolute Gasteiger partial charge is 0.255 e. The molecule has 1 saturated heterocycles. The Balaban J connectivity index is 1.96. The normalized spacial score (nSPS) is 20.3. The summed E-state index contributed by atoms with van der Waals surface area (Å²) in [5, 5.41) is 3.69. The first-order valence-corrected chi connectivity index (χ1v) is 8.59. The number of nitrogens with one attached hydrogen (secondary N) is 1. The zero-order valence-electron chi connectivity index (χ0n) is 14.8. The molecule has 132 valence electrons. The molecule has 2 atom stereocenters. The third-order valence-corrected chi connectivity index (χ3v) is 4.46. The zero-order chi connectivity index (χ0) is 18.1. The number of pyridine rings is 1. The third kappa shape index (κ3) is 3.49. The third-order valence-electron chi connectivity index (χ3n) is 4.46. The molecule has 0 bridgehead atoms. The maximum absolute atomic E-state index is 13.2. The molecule has 3 N–H and O–H groups in total. The summed E-state index contributed by atoms with van der Waals surface area (Å²) in [5.41, 5.74) is 8.43. The van der Waals surface area contributed by atoms with Crippen molar-refractivity contribution in [2.45, 2.75) is 45.3 Å². The number of aryl methyl sites for hydroxylation is 1. The minimum absolute atomic E-state index is 0.0191. The molecular formula is C19H24N4O2. The second-order valence-corrected chi connectivity index (χ2v) is 7.01. The molecule has 0 aliphatic carbocycles. The molecule has 1 aliphatic rings. The van der Waals surface area contributed by atoms with Gasteiger partial charge in [-0.05, 0) is 45.4 Å². The largest absolute Gasteiger partial charge is 0.352 e. The second kappa shape index (κ2) is 6.80. The summed E-state index contributed by atoms with van der Waals surface area (Å²) >= 11 is 0. The van der Waals surface area contributed by atoms with Crippen LogP contribution in [0.4, 0.5) is 0 Å². The lowest BCUT2D eigenvalue weighted by atomic mass is 10.0. The van der Waals surface area contributed by atoms with Gasteiger partial charge in [-0.3, -0.25) is 14.6 Å². The number of likely N-dealkylation sites (tertiary alicyclic amines) is 1. The van der Waals surface area contributed by atoms with Gasteiger partial charge in [-0.25, -0.2) is 0 Å². The molecule has 1 aliphatic heterocycles. The van der Waals surface area contributed by atoms with Crippen LogP contribution in [-0.4, -0.2) is 46.4 Å². The monoisotopic (exact) mass is 340 g/mol. The topological polar surface area (TPSA) is 88.3 Å². The predicted molar refractivity (Wildman–Crippen MR) is 97.2 cm³/mol. The maximum atomic E-state index is 13.2. The minimum atomic E-state index is -0.530. The van der Waals surface area contributed by atoms with Crippen molar-refractivity contribution in [1.29, 1.82) is 0 Å². The van der Waals surface area contributed by atoms with Gasteiger partial charge in [0.15, 0.2) is 0 Å². The number of benzene rings is 1. The number of nitrogens with two attached hydrogens (primary N) is 1. The van der Waals surface area contributed by atoms with E-state index in [0.717, 1.165) is 16.5 Å². The summed E-state index contributed by atoms with van der Waals surface area (Å²) in [6.45, 7) is 6.16. The highest BCUT2D eigenvalue weighted by molar-refractivity contribution is 6.07. The van der Waals surface area contributed by atoms with Crippen molar-refractivity contribution >= 4 is 22.7 Å². The number of hydrogen-bond donors (Lipinski definition) is 2. The number of fused-ring (bicyclic) bond motifs is 1. The highest BCUT2D eigenvalue weighted by atomic mass is 16.2. The number of nitrogens with zero attached hydrogens (tertiary/aromatic N) is 2. The molecule has 25 heavy (non-hydrogen) atoms. The molecule has 1 aromatic carbocycles. The van der Waals surface area contributed by atoms with Crippen molar-refractivity contribution in [3.05, 3.63) is 41.6 Å². The molecular weight excluding hydrogens is 316 g/mol. The number of aromatic nitrogens is 1. The first-order chi connectivity index (χ1) is 11.9. The van der Waals surface area contributed by atoms with Gasteiger partial charge in [-0.2, -0.15) is 0 Å². The Labute approximate surface area is 147 Å². The summed E-state index contributed by atoms with van der Waals surface area (Å²) in [6.07, 6.45) is 2.11. The second-order valence-electron chi connectivity index (χ2n) is 7.01. The highest BCUT2D eigenvalue weighted by Crippen LogP contribution is 2.24. The Kier molecular flexibility index (Phi) is 4.72. The fraction of sp³-hybridized carbons (Fsp3) is 0.421. The zero-order valence-corrected chi connectivity index (χ0v) is 14.8. The van der Waals surface area contributed by atoms with Crippen LogP contribution in [0.1, 0.15) is 36.2 Å². The van der Waals surface area contributed by atoms with E-state index in [1.165, 1.54) is 0 Å². The standard InChI is InChI=1S/C19H24N4O2/c1-11(2)22-18(24)17-9-13(20)10-23(17)19(25)14-6-7-21-16-5-4-12(3)8-15(14)16/h4-8,11,13,17H,9-10,20H2,1-3H3,(H,22,24)/t13-,17-/m0/s1. The van der Waals surface area contributed by atoms with E-state index in [4.69, 9.17) is 5.73 Å². The first-order valence-electron chi connectivity index (χ1n) is 8.59. The van der Waals surface area contributed by atoms with Crippen LogP contribution in [-0.2, 0) is 4.79 Å². The van der Waals surface area contributed by atoms with E-state index in [9.17, 15) is 9.59 Å². The van der Waals surface area contributed by atoms with E-state index in [-0.39, 0.29) is 23.9 Å². The summed E-state index contributed by atoms with van der Waals surface area (Å²) in [5.74, 6) is -0.319. The molecule has 2 amide bonds. The van der Waals surface area contributed by atoms with E-state index in [2.05, 4.69) is 10.3 Å². The Morgan fingerprint density at radius 3 is 2.80 bits per heavy atom. The molecule has 1 fully saturated rings. The van der Waals surface area contributed by atoms with Crippen LogP contribution in [0.3, 0.4) is 0 Å². The molecule has 6 heteroatoms. The number of carbonyl (C=O) groups excluding carboxylic acids is 2. The van der Waals surface area contributed by atoms with E-state index in [1.54, 1.807) is 17.2 Å². The van der Waals surface area contributed by atoms with Gasteiger partial charge in [0.25, 0.3) is 5.91 Å². The van der Waals surface area contributed by atoms with Crippen LogP contribution < -0.4 is 11.1 Å². The van der Waals surface area contributed by atoms with Gasteiger partial charge in [0, 0.05) is 30.2 Å². The Morgan fingerprint density at radius 1 is 1.32 bits per heavy atom. The van der Waals surface area contributed by atoms with Gasteiger partial charge >= 0.3 is 0 Å². The number of carbonyl (C=O) groups is 2. The van der Waals surface area contributed by atoms with E-state index in [1.807, 2.05) is 39.0 Å². The van der Waals surface area contributed by atoms with Gasteiger partial charge in [-0.15, -0.1) is 0 Å². The summed E-state index contributed by atoms with van der Waals surface area (Å²) in [7, 11) is 0. The van der Waals surface area contributed by atoms with Crippen LogP contribution in [0, 0.1) is 6.92 Å². The fourth-order valence-electron chi connectivity index (χ4n) is 3.32. The van der Waals surface area contributed by atoms with Crippen LogP contribution in [0.5, 0.6) is 0 Å². The summed E-state index contributed by atoms with van der Waals surface area (Å²) in [6, 6.07) is 6.83. The Hall–Kier alpha value is -2.47. The minimum Gasteiger partial charge on any atom is -0.352 e. The van der Waals surface area contributed by atoms with Crippen LogP contribution in [0.2, 0.25) is 0 Å². The summed E-state index contributed by atoms with van der Waals surface area (Å²) < 4.78 is 0. The van der Waals surface area contributed by atoms with Gasteiger partial charge in [0.05, 0.1) is 11.1 Å². The molecule has 0 saturated carbocycles. The molecule has 6 nitrogen and oxygen atoms in total. The Morgan fingerprint density at radius 2 is 2.08 bits per heavy atom. The molecule has 2 heterocycles. The number of amides is 2. The maximum Gasteiger partial charge on any atom is 0.255 e. The lowest BCUT2D eigenvalue weighted by Gasteiger charge is -2.25. The van der Waals surface area contributed by atoms with Gasteiger partial charge in [-0.1, -0.05) is 11.6 Å². The highest BCUT2D eigenvalue weighted by Gasteiger charge is 2.39. The molecule has 3 rings (SSSR count). The molecule has 2 aromatic rings. The predicted octanol–water partition coefficient (Wildman–Crippen LogP) is 1.61. The van der Waals surface area contributed by atoms with Gasteiger partial charge in [0.1, 0.15) is 6.04 Å². The summed E-state index contributed by atoms with van der Waals surface area (Å²) in [4.78, 5) is 31.6. The van der Waals surface area contributed by atoms with Crippen molar-refractivity contribution in [3.8, 4) is 0 Å². The molecule has 0 unspecified atom stereocenters. The lowest BCUT2D eigenvalue weighted by Crippen LogP contribution is -2.47. The average Bonchev–Trinajstić information content (AvgIpc) is 2.95. The van der Waals surface area contributed by atoms with Crippen molar-refractivity contribution in [2.24, 2.45) is 5.73 Å². The van der Waals surface area contributed by atoms with Crippen molar-refractivity contribution in [2.75, 3.05) is 6.54 Å². The van der Waals surface area contributed by atoms with E-state index >= 15 is 0 Å².